The molecular formula is C18H11Cl2NO5S. The van der Waals surface area contributed by atoms with E-state index in [0.717, 1.165) is 4.90 Å². The summed E-state index contributed by atoms with van der Waals surface area (Å²) in [6.45, 7) is -0.454. The van der Waals surface area contributed by atoms with Crippen LogP contribution < -0.4 is 0 Å². The zero-order chi connectivity index (χ0) is 19.7. The molecule has 2 amide bonds. The highest BCUT2D eigenvalue weighted by molar-refractivity contribution is 8.18. The van der Waals surface area contributed by atoms with Gasteiger partial charge < -0.3 is 10.2 Å². The average molecular weight is 424 g/mol. The van der Waals surface area contributed by atoms with E-state index in [1.807, 2.05) is 0 Å². The number of Topliss-reactive ketones (excluding diaryl/α,β-unsaturated/α-hetero) is 1. The minimum Gasteiger partial charge on any atom is -0.504 e. The lowest BCUT2D eigenvalue weighted by Crippen LogP contribution is -2.33. The fraction of sp³-hybridized carbons (Fsp3) is 0.0556. The number of nitrogens with zero attached hydrogens (tertiary/aromatic N) is 1. The Kier molecular flexibility index (Phi) is 5.46. The first-order chi connectivity index (χ1) is 12.8. The van der Waals surface area contributed by atoms with Gasteiger partial charge in [0.2, 0.25) is 0 Å². The Bertz CT molecular complexity index is 1010. The van der Waals surface area contributed by atoms with Crippen molar-refractivity contribution in [2.75, 3.05) is 6.54 Å². The molecule has 1 aliphatic heterocycles. The number of thioether (sulfide) groups is 1. The second-order valence-electron chi connectivity index (χ2n) is 5.56. The first kappa shape index (κ1) is 19.3. The monoisotopic (exact) mass is 423 g/mol. The van der Waals surface area contributed by atoms with Crippen LogP contribution in [0.1, 0.15) is 15.9 Å². The maximum Gasteiger partial charge on any atom is 0.293 e. The van der Waals surface area contributed by atoms with Gasteiger partial charge in [-0.1, -0.05) is 29.3 Å². The third kappa shape index (κ3) is 4.10. The standard InChI is InChI=1S/C18H11Cl2NO5S/c19-10-2-3-11(12(20)7-10)15(24)8-21-17(25)16(27-18(21)26)6-9-1-4-13(22)14(23)5-9/h1-7,22-23H,8H2. The minimum absolute atomic E-state index is 0.0973. The maximum atomic E-state index is 12.5. The summed E-state index contributed by atoms with van der Waals surface area (Å²) >= 11 is 12.5. The van der Waals surface area contributed by atoms with Crippen LogP contribution in [-0.2, 0) is 4.79 Å². The van der Waals surface area contributed by atoms with E-state index in [9.17, 15) is 24.6 Å². The molecule has 6 nitrogen and oxygen atoms in total. The van der Waals surface area contributed by atoms with Crippen LogP contribution in [0.15, 0.2) is 41.3 Å². The smallest absolute Gasteiger partial charge is 0.293 e. The molecule has 0 atom stereocenters. The topological polar surface area (TPSA) is 94.9 Å². The number of imide groups is 1. The predicted octanol–water partition coefficient (Wildman–Crippen LogP) is 4.32. The summed E-state index contributed by atoms with van der Waals surface area (Å²) in [4.78, 5) is 37.9. The second kappa shape index (κ2) is 7.64. The summed E-state index contributed by atoms with van der Waals surface area (Å²) in [6.07, 6.45) is 1.39. The van der Waals surface area contributed by atoms with E-state index in [0.29, 0.717) is 22.3 Å². The van der Waals surface area contributed by atoms with E-state index in [4.69, 9.17) is 23.2 Å². The molecule has 0 aliphatic carbocycles. The number of phenols is 2. The number of rotatable bonds is 4. The van der Waals surface area contributed by atoms with Crippen LogP contribution in [0.2, 0.25) is 10.0 Å². The third-order valence-electron chi connectivity index (χ3n) is 3.70. The van der Waals surface area contributed by atoms with Gasteiger partial charge in [-0.25, -0.2) is 0 Å². The number of benzene rings is 2. The van der Waals surface area contributed by atoms with Crippen molar-refractivity contribution < 1.29 is 24.6 Å². The van der Waals surface area contributed by atoms with Gasteiger partial charge in [0.25, 0.3) is 11.1 Å². The molecule has 0 saturated carbocycles. The highest BCUT2D eigenvalue weighted by atomic mass is 35.5. The van der Waals surface area contributed by atoms with Gasteiger partial charge in [-0.3, -0.25) is 19.3 Å². The molecule has 1 saturated heterocycles. The van der Waals surface area contributed by atoms with Crippen molar-refractivity contribution in [2.24, 2.45) is 0 Å². The zero-order valence-electron chi connectivity index (χ0n) is 13.5. The average Bonchev–Trinajstić information content (AvgIpc) is 2.85. The second-order valence-corrected chi connectivity index (χ2v) is 7.40. The van der Waals surface area contributed by atoms with Gasteiger partial charge in [-0.2, -0.15) is 0 Å². The Morgan fingerprint density at radius 1 is 1.07 bits per heavy atom. The minimum atomic E-state index is -0.629. The van der Waals surface area contributed by atoms with Crippen molar-refractivity contribution in [3.63, 3.8) is 0 Å². The van der Waals surface area contributed by atoms with Crippen LogP contribution in [0.5, 0.6) is 11.5 Å². The molecule has 2 N–H and O–H groups in total. The number of amides is 2. The molecule has 2 aromatic rings. The molecule has 0 unspecified atom stereocenters. The molecule has 138 valence electrons. The van der Waals surface area contributed by atoms with Crippen molar-refractivity contribution in [2.45, 2.75) is 0 Å². The Morgan fingerprint density at radius 2 is 1.81 bits per heavy atom. The van der Waals surface area contributed by atoms with E-state index < -0.39 is 23.5 Å². The third-order valence-corrected chi connectivity index (χ3v) is 5.16. The molecule has 9 heteroatoms. The van der Waals surface area contributed by atoms with Gasteiger partial charge >= 0.3 is 0 Å². The number of carbonyl (C=O) groups is 3. The summed E-state index contributed by atoms with van der Waals surface area (Å²) in [5.74, 6) is -1.78. The zero-order valence-corrected chi connectivity index (χ0v) is 15.8. The summed E-state index contributed by atoms with van der Waals surface area (Å²) < 4.78 is 0. The molecular weight excluding hydrogens is 413 g/mol. The molecule has 0 bridgehead atoms. The predicted molar refractivity (Wildman–Crippen MR) is 103 cm³/mol. The summed E-state index contributed by atoms with van der Waals surface area (Å²) in [5.41, 5.74) is 0.579. The molecule has 0 spiro atoms. The number of halogens is 2. The first-order valence-electron chi connectivity index (χ1n) is 7.52. The molecule has 2 aromatic carbocycles. The molecule has 0 aromatic heterocycles. The lowest BCUT2D eigenvalue weighted by Gasteiger charge is -2.12. The molecule has 0 radical (unpaired) electrons. The summed E-state index contributed by atoms with van der Waals surface area (Å²) in [7, 11) is 0. The fourth-order valence-electron chi connectivity index (χ4n) is 2.36. The largest absolute Gasteiger partial charge is 0.504 e. The van der Waals surface area contributed by atoms with E-state index >= 15 is 0 Å². The Hall–Kier alpha value is -2.48. The van der Waals surface area contributed by atoms with Crippen LogP contribution in [-0.4, -0.2) is 38.6 Å². The van der Waals surface area contributed by atoms with E-state index in [-0.39, 0.29) is 27.0 Å². The number of aromatic hydroxyl groups is 2. The molecule has 1 fully saturated rings. The van der Waals surface area contributed by atoms with E-state index in [2.05, 4.69) is 0 Å². The highest BCUT2D eigenvalue weighted by Crippen LogP contribution is 2.34. The van der Waals surface area contributed by atoms with Crippen LogP contribution in [0.3, 0.4) is 0 Å². The van der Waals surface area contributed by atoms with Gasteiger partial charge in [-0.15, -0.1) is 0 Å². The molecule has 27 heavy (non-hydrogen) atoms. The van der Waals surface area contributed by atoms with Crippen molar-refractivity contribution >= 4 is 58.0 Å². The molecule has 1 aliphatic rings. The van der Waals surface area contributed by atoms with Crippen molar-refractivity contribution in [3.8, 4) is 11.5 Å². The number of ketones is 1. The van der Waals surface area contributed by atoms with Crippen LogP contribution >= 0.6 is 35.0 Å². The van der Waals surface area contributed by atoms with Gasteiger partial charge in [0, 0.05) is 10.6 Å². The van der Waals surface area contributed by atoms with Crippen LogP contribution in [0, 0.1) is 0 Å². The van der Waals surface area contributed by atoms with Gasteiger partial charge in [0.05, 0.1) is 16.5 Å². The van der Waals surface area contributed by atoms with Crippen molar-refractivity contribution in [1.82, 2.24) is 4.90 Å². The Morgan fingerprint density at radius 3 is 2.48 bits per heavy atom. The van der Waals surface area contributed by atoms with Crippen LogP contribution in [0.25, 0.3) is 6.08 Å². The Balaban J connectivity index is 1.80. The number of hydrogen-bond acceptors (Lipinski definition) is 6. The fourth-order valence-corrected chi connectivity index (χ4v) is 3.71. The number of phenolic OH excluding ortho intramolecular Hbond substituents is 2. The van der Waals surface area contributed by atoms with E-state index in [1.165, 1.54) is 42.5 Å². The van der Waals surface area contributed by atoms with E-state index in [1.54, 1.807) is 0 Å². The first-order valence-corrected chi connectivity index (χ1v) is 9.09. The SMILES string of the molecule is O=C(CN1C(=O)SC(=Cc2ccc(O)c(O)c2)C1=O)c1ccc(Cl)cc1Cl. The normalized spacial score (nSPS) is 15.6. The maximum absolute atomic E-state index is 12.5. The molecule has 1 heterocycles. The highest BCUT2D eigenvalue weighted by Gasteiger charge is 2.36. The quantitative estimate of drug-likeness (QED) is 0.431. The van der Waals surface area contributed by atoms with Crippen LogP contribution in [0.4, 0.5) is 4.79 Å². The summed E-state index contributed by atoms with van der Waals surface area (Å²) in [5, 5.41) is 18.8. The summed E-state index contributed by atoms with van der Waals surface area (Å²) in [6, 6.07) is 8.31. The lowest BCUT2D eigenvalue weighted by molar-refractivity contribution is -0.122. The Labute approximate surface area is 168 Å². The number of carbonyl (C=O) groups excluding carboxylic acids is 3. The van der Waals surface area contributed by atoms with Gasteiger partial charge in [-0.05, 0) is 53.7 Å². The van der Waals surface area contributed by atoms with Gasteiger partial charge in [0.15, 0.2) is 17.3 Å². The molecule has 3 rings (SSSR count). The lowest BCUT2D eigenvalue weighted by atomic mass is 10.1. The number of hydrogen-bond donors (Lipinski definition) is 2. The van der Waals surface area contributed by atoms with Gasteiger partial charge in [0.1, 0.15) is 0 Å². The van der Waals surface area contributed by atoms with Crippen molar-refractivity contribution in [3.05, 3.63) is 62.5 Å². The van der Waals surface area contributed by atoms with Crippen molar-refractivity contribution in [1.29, 1.82) is 0 Å².